The third kappa shape index (κ3) is 2.87. The Morgan fingerprint density at radius 3 is 2.36 bits per heavy atom. The van der Waals surface area contributed by atoms with Crippen LogP contribution in [-0.2, 0) is 14.3 Å². The van der Waals surface area contributed by atoms with E-state index in [4.69, 9.17) is 4.74 Å². The Kier molecular flexibility index (Phi) is 3.95. The first-order valence-electron chi connectivity index (χ1n) is 7.72. The molecule has 4 aliphatic carbocycles. The number of hydrogen-bond donors (Lipinski definition) is 2. The minimum atomic E-state index is -0.606. The molecule has 0 aliphatic heterocycles. The van der Waals surface area contributed by atoms with Crippen LogP contribution in [0, 0.1) is 17.3 Å². The van der Waals surface area contributed by atoms with Crippen LogP contribution in [0.3, 0.4) is 0 Å². The van der Waals surface area contributed by atoms with E-state index >= 15 is 0 Å². The fourth-order valence-electron chi connectivity index (χ4n) is 4.90. The summed E-state index contributed by atoms with van der Waals surface area (Å²) in [6.45, 7) is -0.404. The van der Waals surface area contributed by atoms with Gasteiger partial charge < -0.3 is 10.1 Å². The predicted octanol–water partition coefficient (Wildman–Crippen LogP) is 1.72. The van der Waals surface area contributed by atoms with Crippen molar-refractivity contribution in [2.24, 2.45) is 17.3 Å². The molecule has 4 atom stereocenters. The molecule has 0 aromatic carbocycles. The van der Waals surface area contributed by atoms with Gasteiger partial charge in [-0.25, -0.2) is 4.79 Å². The van der Waals surface area contributed by atoms with E-state index < -0.39 is 24.0 Å². The average Bonchev–Trinajstić information content (AvgIpc) is 2.41. The fourth-order valence-corrected chi connectivity index (χ4v) is 6.35. The summed E-state index contributed by atoms with van der Waals surface area (Å²) in [4.78, 5) is 35.2. The smallest absolute Gasteiger partial charge is 0.321 e. The molecule has 4 rings (SSSR count). The minimum Gasteiger partial charge on any atom is -0.455 e. The summed E-state index contributed by atoms with van der Waals surface area (Å²) in [5.74, 6) is 0.268. The van der Waals surface area contributed by atoms with Crippen molar-refractivity contribution < 1.29 is 19.1 Å². The van der Waals surface area contributed by atoms with Crippen LogP contribution in [0.2, 0.25) is 0 Å². The highest BCUT2D eigenvalue weighted by Crippen LogP contribution is 2.64. The Morgan fingerprint density at radius 1 is 1.18 bits per heavy atom. The highest BCUT2D eigenvalue weighted by molar-refractivity contribution is 9.10. The topological polar surface area (TPSA) is 84.5 Å². The second-order valence-corrected chi connectivity index (χ2v) is 8.78. The highest BCUT2D eigenvalue weighted by Gasteiger charge is 2.60. The van der Waals surface area contributed by atoms with Crippen molar-refractivity contribution in [1.82, 2.24) is 10.6 Å². The molecule has 3 amide bonds. The van der Waals surface area contributed by atoms with Crippen molar-refractivity contribution in [3.05, 3.63) is 0 Å². The van der Waals surface area contributed by atoms with E-state index in [1.54, 1.807) is 0 Å². The molecule has 6 nitrogen and oxygen atoms in total. The maximum Gasteiger partial charge on any atom is 0.321 e. The number of hydrogen-bond acceptors (Lipinski definition) is 4. The van der Waals surface area contributed by atoms with Gasteiger partial charge in [0.25, 0.3) is 5.91 Å². The number of carbonyl (C=O) groups is 3. The lowest BCUT2D eigenvalue weighted by Gasteiger charge is -2.58. The van der Waals surface area contributed by atoms with Crippen molar-refractivity contribution in [2.45, 2.75) is 42.8 Å². The molecule has 4 bridgehead atoms. The molecule has 4 aliphatic rings. The molecule has 4 fully saturated rings. The van der Waals surface area contributed by atoms with E-state index in [0.29, 0.717) is 11.8 Å². The number of alkyl halides is 1. The van der Waals surface area contributed by atoms with Gasteiger partial charge in [0, 0.05) is 11.4 Å². The molecule has 122 valence electrons. The molecule has 0 heterocycles. The van der Waals surface area contributed by atoms with E-state index in [9.17, 15) is 14.4 Å². The fraction of sp³-hybridized carbons (Fsp3) is 0.800. The van der Waals surface area contributed by atoms with E-state index in [-0.39, 0.29) is 10.3 Å². The van der Waals surface area contributed by atoms with Crippen LogP contribution in [0.25, 0.3) is 0 Å². The normalized spacial score (nSPS) is 38.5. The van der Waals surface area contributed by atoms with Gasteiger partial charge in [0.1, 0.15) is 0 Å². The zero-order valence-electron chi connectivity index (χ0n) is 12.6. The number of amides is 3. The summed E-state index contributed by atoms with van der Waals surface area (Å²) in [5.41, 5.74) is -0.444. The summed E-state index contributed by atoms with van der Waals surface area (Å²) in [5, 5.41) is 4.37. The molecule has 0 radical (unpaired) electrons. The first-order valence-corrected chi connectivity index (χ1v) is 8.51. The van der Waals surface area contributed by atoms with Gasteiger partial charge in [-0.2, -0.15) is 0 Å². The molecule has 7 heteroatoms. The summed E-state index contributed by atoms with van der Waals surface area (Å²) in [6.07, 6.45) is 6.01. The van der Waals surface area contributed by atoms with Crippen LogP contribution in [0.15, 0.2) is 0 Å². The van der Waals surface area contributed by atoms with E-state index in [1.165, 1.54) is 13.5 Å². The zero-order chi connectivity index (χ0) is 16.0. The van der Waals surface area contributed by atoms with E-state index in [1.807, 2.05) is 0 Å². The standard InChI is InChI=1S/C15H21BrN2O4/c1-17-13(21)18-11(19)7-22-12(20)14-3-9-2-10(4-14)6-15(16,5-9)8-14/h9-10H,2-8H2,1H3,(H2,17,18,19,21)/t9-,10+,14?,15?. The average molecular weight is 373 g/mol. The minimum absolute atomic E-state index is 0.0699. The van der Waals surface area contributed by atoms with Gasteiger partial charge in [-0.05, 0) is 50.4 Å². The number of ether oxygens (including phenoxy) is 1. The Morgan fingerprint density at radius 2 is 1.82 bits per heavy atom. The molecule has 2 N–H and O–H groups in total. The van der Waals surface area contributed by atoms with Crippen molar-refractivity contribution in [3.8, 4) is 0 Å². The summed E-state index contributed by atoms with van der Waals surface area (Å²) in [7, 11) is 1.42. The van der Waals surface area contributed by atoms with Gasteiger partial charge in [0.2, 0.25) is 0 Å². The van der Waals surface area contributed by atoms with Crippen LogP contribution < -0.4 is 10.6 Å². The lowest BCUT2D eigenvalue weighted by Crippen LogP contribution is -2.56. The number of urea groups is 1. The molecule has 22 heavy (non-hydrogen) atoms. The van der Waals surface area contributed by atoms with Gasteiger partial charge in [-0.15, -0.1) is 0 Å². The first-order chi connectivity index (χ1) is 10.3. The van der Waals surface area contributed by atoms with E-state index in [0.717, 1.165) is 32.1 Å². The van der Waals surface area contributed by atoms with E-state index in [2.05, 4.69) is 26.6 Å². The van der Waals surface area contributed by atoms with Crippen LogP contribution in [0.5, 0.6) is 0 Å². The zero-order valence-corrected chi connectivity index (χ0v) is 14.2. The maximum absolute atomic E-state index is 12.6. The molecule has 4 saturated carbocycles. The molecule has 0 spiro atoms. The van der Waals surface area contributed by atoms with Crippen molar-refractivity contribution in [3.63, 3.8) is 0 Å². The van der Waals surface area contributed by atoms with Gasteiger partial charge in [-0.1, -0.05) is 15.9 Å². The van der Waals surface area contributed by atoms with Crippen LogP contribution >= 0.6 is 15.9 Å². The second-order valence-electron chi connectivity index (χ2n) is 7.10. The lowest BCUT2D eigenvalue weighted by molar-refractivity contribution is -0.171. The lowest BCUT2D eigenvalue weighted by atomic mass is 9.49. The van der Waals surface area contributed by atoms with Gasteiger partial charge in [-0.3, -0.25) is 14.9 Å². The largest absolute Gasteiger partial charge is 0.455 e. The molecular formula is C15H21BrN2O4. The third-order valence-corrected chi connectivity index (χ3v) is 6.16. The molecule has 0 aromatic heterocycles. The number of nitrogens with one attached hydrogen (secondary N) is 2. The number of esters is 1. The predicted molar refractivity (Wildman–Crippen MR) is 82.3 cm³/mol. The number of imide groups is 1. The van der Waals surface area contributed by atoms with Crippen molar-refractivity contribution in [2.75, 3.05) is 13.7 Å². The SMILES string of the molecule is CNC(=O)NC(=O)COC(=O)C12C[C@@H]3C[C@@H](CC(Br)(C3)C1)C2. The summed E-state index contributed by atoms with van der Waals surface area (Å²) < 4.78 is 5.30. The Balaban J connectivity index is 1.60. The molecule has 2 unspecified atom stereocenters. The first kappa shape index (κ1) is 15.8. The summed E-state index contributed by atoms with van der Waals surface area (Å²) >= 11 is 3.84. The van der Waals surface area contributed by atoms with Crippen LogP contribution in [0.4, 0.5) is 4.79 Å². The number of rotatable bonds is 3. The quantitative estimate of drug-likeness (QED) is 0.583. The molecule has 0 aromatic rings. The van der Waals surface area contributed by atoms with Crippen LogP contribution in [0.1, 0.15) is 38.5 Å². The third-order valence-electron chi connectivity index (χ3n) is 5.24. The Bertz CT molecular complexity index is 508. The number of halogens is 1. The van der Waals surface area contributed by atoms with Gasteiger partial charge in [0.05, 0.1) is 5.41 Å². The van der Waals surface area contributed by atoms with Gasteiger partial charge >= 0.3 is 12.0 Å². The molecular weight excluding hydrogens is 352 g/mol. The maximum atomic E-state index is 12.6. The molecule has 0 saturated heterocycles. The second kappa shape index (κ2) is 5.51. The number of carbonyl (C=O) groups excluding carboxylic acids is 3. The summed E-state index contributed by atoms with van der Waals surface area (Å²) in [6, 6.07) is -0.602. The van der Waals surface area contributed by atoms with Gasteiger partial charge in [0.15, 0.2) is 6.61 Å². The Hall–Kier alpha value is -1.11. The highest BCUT2D eigenvalue weighted by atomic mass is 79.9. The van der Waals surface area contributed by atoms with Crippen molar-refractivity contribution >= 4 is 33.8 Å². The van der Waals surface area contributed by atoms with Crippen LogP contribution in [-0.4, -0.2) is 35.9 Å². The Labute approximate surface area is 137 Å². The van der Waals surface area contributed by atoms with Crippen molar-refractivity contribution in [1.29, 1.82) is 0 Å². The monoisotopic (exact) mass is 372 g/mol.